The molecule has 2 aliphatic carbocycles. The topological polar surface area (TPSA) is 92.3 Å². The summed E-state index contributed by atoms with van der Waals surface area (Å²) in [6.07, 6.45) is 7.76. The third-order valence-electron chi connectivity index (χ3n) is 9.51. The number of hydrogen-bond donors (Lipinski definition) is 2. The van der Waals surface area contributed by atoms with Crippen molar-refractivity contribution < 1.29 is 18.0 Å². The van der Waals surface area contributed by atoms with E-state index in [1.54, 1.807) is 24.3 Å². The van der Waals surface area contributed by atoms with Gasteiger partial charge in [0.25, 0.3) is 0 Å². The van der Waals surface area contributed by atoms with Crippen LogP contribution in [0.5, 0.6) is 0 Å². The molecule has 0 bridgehead atoms. The van der Waals surface area contributed by atoms with Gasteiger partial charge in [-0.2, -0.15) is 0 Å². The lowest BCUT2D eigenvalue weighted by Crippen LogP contribution is -2.31. The molecule has 2 aromatic rings. The molecule has 0 aliphatic heterocycles. The average molecular weight is 581 g/mol. The number of benzene rings is 2. The fourth-order valence-corrected chi connectivity index (χ4v) is 7.76. The maximum absolute atomic E-state index is 13.2. The molecule has 0 unspecified atom stereocenters. The number of amides is 2. The summed E-state index contributed by atoms with van der Waals surface area (Å²) in [5, 5.41) is 5.94. The minimum absolute atomic E-state index is 0.00506. The highest BCUT2D eigenvalue weighted by Gasteiger charge is 2.33. The Morgan fingerprint density at radius 2 is 0.854 bits per heavy atom. The van der Waals surface area contributed by atoms with Gasteiger partial charge in [-0.05, 0) is 123 Å². The third kappa shape index (κ3) is 7.79. The smallest absolute Gasteiger partial charge is 0.227 e. The van der Waals surface area contributed by atoms with Crippen molar-refractivity contribution in [2.45, 2.75) is 103 Å². The normalized spacial score (nSPS) is 24.0. The summed E-state index contributed by atoms with van der Waals surface area (Å²) in [5.74, 6) is 1.28. The van der Waals surface area contributed by atoms with Gasteiger partial charge in [0.05, 0.1) is 9.79 Å². The quantitative estimate of drug-likeness (QED) is 0.361. The molecule has 2 fully saturated rings. The number of rotatable bonds is 6. The largest absolute Gasteiger partial charge is 0.326 e. The molecule has 2 saturated carbocycles. The van der Waals surface area contributed by atoms with Crippen molar-refractivity contribution in [3.63, 3.8) is 0 Å². The first kappa shape index (κ1) is 31.3. The minimum atomic E-state index is -3.74. The standard InChI is InChI=1S/C34H48N2O4S/c1-33(2,3)25-11-7-23(8-12-25)31(37)35-27-15-19-29(20-16-27)41(39,40)30-21-17-28(18-22-30)36-32(38)24-9-13-26(14-10-24)34(4,5)6/h15-26H,7-14H2,1-6H3,(H,35,37)(H,36,38). The van der Waals surface area contributed by atoms with E-state index in [4.69, 9.17) is 0 Å². The second-order valence-electron chi connectivity index (χ2n) is 14.4. The van der Waals surface area contributed by atoms with Gasteiger partial charge in [-0.3, -0.25) is 9.59 Å². The summed E-state index contributed by atoms with van der Waals surface area (Å²) in [7, 11) is -3.74. The van der Waals surface area contributed by atoms with Crippen LogP contribution in [0.2, 0.25) is 0 Å². The van der Waals surface area contributed by atoms with Gasteiger partial charge in [-0.1, -0.05) is 41.5 Å². The second kappa shape index (κ2) is 12.3. The average Bonchev–Trinajstić information content (AvgIpc) is 2.93. The molecule has 2 aromatic carbocycles. The van der Waals surface area contributed by atoms with Gasteiger partial charge >= 0.3 is 0 Å². The molecule has 2 N–H and O–H groups in total. The Morgan fingerprint density at radius 3 is 1.12 bits per heavy atom. The molecule has 2 aliphatic rings. The predicted octanol–water partition coefficient (Wildman–Crippen LogP) is 8.10. The zero-order chi connectivity index (χ0) is 30.0. The van der Waals surface area contributed by atoms with Gasteiger partial charge in [-0.15, -0.1) is 0 Å². The Morgan fingerprint density at radius 1 is 0.561 bits per heavy atom. The van der Waals surface area contributed by atoms with E-state index in [0.29, 0.717) is 23.2 Å². The first-order valence-corrected chi connectivity index (χ1v) is 16.7. The molecular weight excluding hydrogens is 532 g/mol. The summed E-state index contributed by atoms with van der Waals surface area (Å²) in [6, 6.07) is 12.7. The van der Waals surface area contributed by atoms with Crippen LogP contribution in [0.15, 0.2) is 58.3 Å². The number of nitrogens with one attached hydrogen (secondary N) is 2. The van der Waals surface area contributed by atoms with Crippen molar-refractivity contribution in [2.75, 3.05) is 10.6 Å². The monoisotopic (exact) mass is 580 g/mol. The van der Waals surface area contributed by atoms with Crippen molar-refractivity contribution in [2.24, 2.45) is 34.5 Å². The first-order chi connectivity index (χ1) is 19.1. The zero-order valence-electron chi connectivity index (χ0n) is 25.6. The van der Waals surface area contributed by atoms with Crippen LogP contribution < -0.4 is 10.6 Å². The van der Waals surface area contributed by atoms with Crippen LogP contribution in [0.3, 0.4) is 0 Å². The van der Waals surface area contributed by atoms with Crippen LogP contribution in [0.25, 0.3) is 0 Å². The maximum atomic E-state index is 13.2. The van der Waals surface area contributed by atoms with Crippen molar-refractivity contribution in [3.8, 4) is 0 Å². The van der Waals surface area contributed by atoms with E-state index in [9.17, 15) is 18.0 Å². The van der Waals surface area contributed by atoms with Crippen LogP contribution in [-0.4, -0.2) is 20.2 Å². The molecule has 224 valence electrons. The highest BCUT2D eigenvalue weighted by Crippen LogP contribution is 2.41. The second-order valence-corrected chi connectivity index (χ2v) is 16.3. The Bertz CT molecular complexity index is 1210. The first-order valence-electron chi connectivity index (χ1n) is 15.2. The minimum Gasteiger partial charge on any atom is -0.326 e. The number of carbonyl (C=O) groups excluding carboxylic acids is 2. The molecule has 41 heavy (non-hydrogen) atoms. The molecule has 2 amide bonds. The van der Waals surface area contributed by atoms with Gasteiger partial charge in [0, 0.05) is 23.2 Å². The maximum Gasteiger partial charge on any atom is 0.227 e. The lowest BCUT2D eigenvalue weighted by atomic mass is 9.69. The van der Waals surface area contributed by atoms with Crippen molar-refractivity contribution in [3.05, 3.63) is 48.5 Å². The van der Waals surface area contributed by atoms with E-state index in [-0.39, 0.29) is 44.3 Å². The van der Waals surface area contributed by atoms with E-state index in [2.05, 4.69) is 52.2 Å². The molecule has 0 aromatic heterocycles. The molecule has 0 atom stereocenters. The molecule has 0 spiro atoms. The number of anilines is 2. The van der Waals surface area contributed by atoms with E-state index < -0.39 is 9.84 Å². The highest BCUT2D eigenvalue weighted by molar-refractivity contribution is 7.91. The number of hydrogen-bond acceptors (Lipinski definition) is 4. The molecule has 0 radical (unpaired) electrons. The Hall–Kier alpha value is -2.67. The molecule has 4 rings (SSSR count). The van der Waals surface area contributed by atoms with E-state index >= 15 is 0 Å². The summed E-state index contributed by atoms with van der Waals surface area (Å²) in [5.41, 5.74) is 1.73. The Kier molecular flexibility index (Phi) is 9.37. The van der Waals surface area contributed by atoms with E-state index in [1.165, 1.54) is 24.3 Å². The van der Waals surface area contributed by atoms with Gasteiger partial charge < -0.3 is 10.6 Å². The molecule has 7 heteroatoms. The van der Waals surface area contributed by atoms with E-state index in [0.717, 1.165) is 51.4 Å². The highest BCUT2D eigenvalue weighted by atomic mass is 32.2. The van der Waals surface area contributed by atoms with Crippen LogP contribution in [-0.2, 0) is 19.4 Å². The van der Waals surface area contributed by atoms with Crippen LogP contribution in [0, 0.1) is 34.5 Å². The predicted molar refractivity (Wildman–Crippen MR) is 165 cm³/mol. The van der Waals surface area contributed by atoms with Crippen molar-refractivity contribution in [1.29, 1.82) is 0 Å². The molecule has 0 saturated heterocycles. The summed E-state index contributed by atoms with van der Waals surface area (Å²) >= 11 is 0. The van der Waals surface area contributed by atoms with Gasteiger partial charge in [0.15, 0.2) is 0 Å². The summed E-state index contributed by atoms with van der Waals surface area (Å²) < 4.78 is 26.5. The van der Waals surface area contributed by atoms with E-state index in [1.807, 2.05) is 0 Å². The van der Waals surface area contributed by atoms with Crippen LogP contribution in [0.4, 0.5) is 11.4 Å². The lowest BCUT2D eigenvalue weighted by Gasteiger charge is -2.36. The lowest BCUT2D eigenvalue weighted by molar-refractivity contribution is -0.122. The molecule has 0 heterocycles. The van der Waals surface area contributed by atoms with Gasteiger partial charge in [0.1, 0.15) is 0 Å². The fourth-order valence-electron chi connectivity index (χ4n) is 6.50. The SMILES string of the molecule is CC(C)(C)C1CCC(C(=O)Nc2ccc(S(=O)(=O)c3ccc(NC(=O)C4CCC(C(C)(C)C)CC4)cc3)cc2)CC1. The molecule has 6 nitrogen and oxygen atoms in total. The Balaban J connectivity index is 1.31. The fraction of sp³-hybridized carbons (Fsp3) is 0.588. The molecular formula is C34H48N2O4S. The van der Waals surface area contributed by atoms with Crippen LogP contribution in [0.1, 0.15) is 92.9 Å². The Labute approximate surface area is 247 Å². The number of carbonyl (C=O) groups is 2. The number of sulfone groups is 1. The third-order valence-corrected chi connectivity index (χ3v) is 11.3. The summed E-state index contributed by atoms with van der Waals surface area (Å²) in [6.45, 7) is 13.6. The van der Waals surface area contributed by atoms with Crippen LogP contribution >= 0.6 is 0 Å². The van der Waals surface area contributed by atoms with Crippen molar-refractivity contribution in [1.82, 2.24) is 0 Å². The van der Waals surface area contributed by atoms with Gasteiger partial charge in [0.2, 0.25) is 21.7 Å². The summed E-state index contributed by atoms with van der Waals surface area (Å²) in [4.78, 5) is 26.0. The van der Waals surface area contributed by atoms with Crippen molar-refractivity contribution >= 4 is 33.0 Å². The zero-order valence-corrected chi connectivity index (χ0v) is 26.4. The van der Waals surface area contributed by atoms with Gasteiger partial charge in [-0.25, -0.2) is 8.42 Å².